The van der Waals surface area contributed by atoms with E-state index >= 15 is 0 Å². The van der Waals surface area contributed by atoms with Gasteiger partial charge in [0.25, 0.3) is 0 Å². The number of amides is 1. The molecule has 4 rings (SSSR count). The molecule has 132 valence electrons. The van der Waals surface area contributed by atoms with Crippen LogP contribution < -0.4 is 20.1 Å². The van der Waals surface area contributed by atoms with E-state index in [0.29, 0.717) is 24.7 Å². The zero-order valence-corrected chi connectivity index (χ0v) is 14.3. The van der Waals surface area contributed by atoms with E-state index in [1.165, 1.54) is 5.39 Å². The second-order valence-electron chi connectivity index (χ2n) is 6.18. The van der Waals surface area contributed by atoms with Gasteiger partial charge in [-0.25, -0.2) is 0 Å². The number of anilines is 2. The van der Waals surface area contributed by atoms with E-state index in [-0.39, 0.29) is 12.5 Å². The zero-order valence-electron chi connectivity index (χ0n) is 14.3. The molecule has 0 bridgehead atoms. The zero-order chi connectivity index (χ0) is 17.8. The van der Waals surface area contributed by atoms with Gasteiger partial charge in [0.15, 0.2) is 11.5 Å². The maximum atomic E-state index is 12.2. The number of hydrogen-bond donors (Lipinski definition) is 2. The van der Waals surface area contributed by atoms with E-state index in [0.717, 1.165) is 23.2 Å². The third kappa shape index (κ3) is 3.72. The van der Waals surface area contributed by atoms with Crippen molar-refractivity contribution >= 4 is 28.1 Å². The fourth-order valence-electron chi connectivity index (χ4n) is 2.93. The van der Waals surface area contributed by atoms with Crippen molar-refractivity contribution in [1.29, 1.82) is 0 Å². The molecule has 0 unspecified atom stereocenters. The van der Waals surface area contributed by atoms with E-state index < -0.39 is 0 Å². The predicted molar refractivity (Wildman–Crippen MR) is 103 cm³/mol. The molecule has 3 aromatic rings. The van der Waals surface area contributed by atoms with Gasteiger partial charge in [-0.2, -0.15) is 0 Å². The molecule has 0 radical (unpaired) electrons. The minimum absolute atomic E-state index is 0.118. The highest BCUT2D eigenvalue weighted by Crippen LogP contribution is 2.32. The van der Waals surface area contributed by atoms with Crippen molar-refractivity contribution in [3.63, 3.8) is 0 Å². The molecule has 1 amide bonds. The van der Waals surface area contributed by atoms with Crippen LogP contribution in [0.3, 0.4) is 0 Å². The van der Waals surface area contributed by atoms with E-state index in [4.69, 9.17) is 9.47 Å². The maximum absolute atomic E-state index is 12.2. The Labute approximate surface area is 151 Å². The molecule has 2 N–H and O–H groups in total. The average Bonchev–Trinajstić information content (AvgIpc) is 2.91. The van der Waals surface area contributed by atoms with E-state index in [9.17, 15) is 4.79 Å². The molecule has 0 aliphatic carbocycles. The second kappa shape index (κ2) is 7.35. The summed E-state index contributed by atoms with van der Waals surface area (Å²) in [6.07, 6.45) is 0.853. The Kier molecular flexibility index (Phi) is 4.60. The molecule has 5 heteroatoms. The first kappa shape index (κ1) is 16.3. The normalized spacial score (nSPS) is 13.1. The number of hydrogen-bond acceptors (Lipinski definition) is 4. The monoisotopic (exact) mass is 348 g/mol. The number of nitrogens with one attached hydrogen (secondary N) is 2. The Morgan fingerprint density at radius 2 is 1.62 bits per heavy atom. The maximum Gasteiger partial charge on any atom is 0.243 e. The summed E-state index contributed by atoms with van der Waals surface area (Å²) in [5.74, 6) is 1.27. The fourth-order valence-corrected chi connectivity index (χ4v) is 2.93. The van der Waals surface area contributed by atoms with Crippen LogP contribution in [0.15, 0.2) is 60.7 Å². The van der Waals surface area contributed by atoms with Crippen LogP contribution in [0.2, 0.25) is 0 Å². The summed E-state index contributed by atoms with van der Waals surface area (Å²) in [6, 6.07) is 19.6. The smallest absolute Gasteiger partial charge is 0.243 e. The SMILES string of the molecule is O=C(CNc1ccc2ccccc2c1)Nc1ccc2c(c1)OCCCO2. The highest BCUT2D eigenvalue weighted by molar-refractivity contribution is 5.94. The quantitative estimate of drug-likeness (QED) is 0.747. The minimum atomic E-state index is -0.118. The molecular formula is C21H20N2O3. The molecular weight excluding hydrogens is 328 g/mol. The molecule has 26 heavy (non-hydrogen) atoms. The lowest BCUT2D eigenvalue weighted by Gasteiger charge is -2.11. The third-order valence-corrected chi connectivity index (χ3v) is 4.23. The highest BCUT2D eigenvalue weighted by Gasteiger charge is 2.11. The highest BCUT2D eigenvalue weighted by atomic mass is 16.5. The summed E-state index contributed by atoms with van der Waals surface area (Å²) in [4.78, 5) is 12.2. The van der Waals surface area contributed by atoms with Crippen LogP contribution in [0.25, 0.3) is 10.8 Å². The van der Waals surface area contributed by atoms with Crippen LogP contribution in [-0.4, -0.2) is 25.7 Å². The summed E-state index contributed by atoms with van der Waals surface area (Å²) in [7, 11) is 0. The third-order valence-electron chi connectivity index (χ3n) is 4.23. The Morgan fingerprint density at radius 1 is 0.846 bits per heavy atom. The summed E-state index contributed by atoms with van der Waals surface area (Å²) in [5, 5.41) is 8.36. The van der Waals surface area contributed by atoms with Gasteiger partial charge in [-0.05, 0) is 35.0 Å². The van der Waals surface area contributed by atoms with E-state index in [1.807, 2.05) is 42.5 Å². The molecule has 1 aliphatic rings. The van der Waals surface area contributed by atoms with Gasteiger partial charge in [-0.15, -0.1) is 0 Å². The first-order chi connectivity index (χ1) is 12.8. The molecule has 0 spiro atoms. The number of ether oxygens (including phenoxy) is 2. The predicted octanol–water partition coefficient (Wildman–Crippen LogP) is 4.05. The molecule has 0 atom stereocenters. The van der Waals surface area contributed by atoms with Crippen molar-refractivity contribution in [3.8, 4) is 11.5 Å². The average molecular weight is 348 g/mol. The van der Waals surface area contributed by atoms with Crippen LogP contribution in [0.5, 0.6) is 11.5 Å². The van der Waals surface area contributed by atoms with Gasteiger partial charge >= 0.3 is 0 Å². The Morgan fingerprint density at radius 3 is 2.50 bits per heavy atom. The van der Waals surface area contributed by atoms with Gasteiger partial charge < -0.3 is 20.1 Å². The van der Waals surface area contributed by atoms with Crippen LogP contribution in [0.4, 0.5) is 11.4 Å². The molecule has 0 saturated carbocycles. The molecule has 3 aromatic carbocycles. The van der Waals surface area contributed by atoms with Gasteiger partial charge in [0.2, 0.25) is 5.91 Å². The lowest BCUT2D eigenvalue weighted by molar-refractivity contribution is -0.114. The van der Waals surface area contributed by atoms with Gasteiger partial charge in [-0.1, -0.05) is 30.3 Å². The summed E-state index contributed by atoms with van der Waals surface area (Å²) >= 11 is 0. The number of carbonyl (C=O) groups excluding carboxylic acids is 1. The van der Waals surface area contributed by atoms with Crippen LogP contribution in [-0.2, 0) is 4.79 Å². The standard InChI is InChI=1S/C21H20N2O3/c24-21(14-22-17-7-6-15-4-1-2-5-16(15)12-17)23-18-8-9-19-20(13-18)26-11-3-10-25-19/h1-2,4-9,12-13,22H,3,10-11,14H2,(H,23,24). The van der Waals surface area contributed by atoms with Gasteiger partial charge in [0.05, 0.1) is 19.8 Å². The van der Waals surface area contributed by atoms with Crippen molar-refractivity contribution in [2.24, 2.45) is 0 Å². The number of benzene rings is 3. The fraction of sp³-hybridized carbons (Fsp3) is 0.190. The first-order valence-corrected chi connectivity index (χ1v) is 8.70. The minimum Gasteiger partial charge on any atom is -0.490 e. The summed E-state index contributed by atoms with van der Waals surface area (Å²) < 4.78 is 11.2. The Balaban J connectivity index is 1.38. The number of fused-ring (bicyclic) bond motifs is 2. The summed E-state index contributed by atoms with van der Waals surface area (Å²) in [6.45, 7) is 1.45. The van der Waals surface area contributed by atoms with Crippen molar-refractivity contribution in [1.82, 2.24) is 0 Å². The lowest BCUT2D eigenvalue weighted by Crippen LogP contribution is -2.21. The lowest BCUT2D eigenvalue weighted by atomic mass is 10.1. The van der Waals surface area contributed by atoms with Gasteiger partial charge in [0, 0.05) is 23.9 Å². The molecule has 0 fully saturated rings. The van der Waals surface area contributed by atoms with Crippen molar-refractivity contribution in [2.75, 3.05) is 30.4 Å². The Hall–Kier alpha value is -3.21. The second-order valence-corrected chi connectivity index (χ2v) is 6.18. The van der Waals surface area contributed by atoms with E-state index in [2.05, 4.69) is 22.8 Å². The number of carbonyl (C=O) groups is 1. The van der Waals surface area contributed by atoms with Crippen molar-refractivity contribution < 1.29 is 14.3 Å². The van der Waals surface area contributed by atoms with Gasteiger partial charge in [0.1, 0.15) is 0 Å². The number of rotatable bonds is 4. The summed E-state index contributed by atoms with van der Waals surface area (Å²) in [5.41, 5.74) is 1.61. The van der Waals surface area contributed by atoms with Crippen molar-refractivity contribution in [3.05, 3.63) is 60.7 Å². The first-order valence-electron chi connectivity index (χ1n) is 8.70. The molecule has 0 saturated heterocycles. The molecule has 1 aliphatic heterocycles. The van der Waals surface area contributed by atoms with Gasteiger partial charge in [-0.3, -0.25) is 4.79 Å². The van der Waals surface area contributed by atoms with Crippen molar-refractivity contribution in [2.45, 2.75) is 6.42 Å². The topological polar surface area (TPSA) is 59.6 Å². The molecule has 5 nitrogen and oxygen atoms in total. The van der Waals surface area contributed by atoms with Crippen LogP contribution >= 0.6 is 0 Å². The Bertz CT molecular complexity index is 939. The van der Waals surface area contributed by atoms with Crippen LogP contribution in [0.1, 0.15) is 6.42 Å². The van der Waals surface area contributed by atoms with Crippen LogP contribution in [0, 0.1) is 0 Å². The molecule has 0 aromatic heterocycles. The molecule has 1 heterocycles. The largest absolute Gasteiger partial charge is 0.490 e. The van der Waals surface area contributed by atoms with E-state index in [1.54, 1.807) is 6.07 Å².